The van der Waals surface area contributed by atoms with Crippen molar-refractivity contribution in [3.63, 3.8) is 0 Å². The fraction of sp³-hybridized carbons (Fsp3) is 0.867. The van der Waals surface area contributed by atoms with E-state index in [9.17, 15) is 9.59 Å². The number of carbonyl (C=O) groups excluding carboxylic acids is 2. The molecule has 0 saturated carbocycles. The van der Waals surface area contributed by atoms with E-state index in [4.69, 9.17) is 0 Å². The first-order valence-corrected chi connectivity index (χ1v) is 7.89. The Hall–Kier alpha value is -0.510. The molecule has 112 valence electrons. The van der Waals surface area contributed by atoms with E-state index in [-0.39, 0.29) is 22.1 Å². The van der Waals surface area contributed by atoms with Gasteiger partial charge in [-0.15, -0.1) is 0 Å². The zero-order valence-electron chi connectivity index (χ0n) is 13.4. The van der Waals surface area contributed by atoms with E-state index in [1.54, 1.807) is 16.7 Å². The third kappa shape index (κ3) is 7.00. The van der Waals surface area contributed by atoms with E-state index in [1.807, 2.05) is 27.8 Å². The van der Waals surface area contributed by atoms with Gasteiger partial charge < -0.3 is 9.69 Å². The summed E-state index contributed by atoms with van der Waals surface area (Å²) >= 11 is 1.81. The fourth-order valence-corrected chi connectivity index (χ4v) is 3.13. The molecule has 1 atom stereocenters. The highest BCUT2D eigenvalue weighted by Crippen LogP contribution is 2.29. The third-order valence-corrected chi connectivity index (χ3v) is 4.52. The molecule has 0 saturated heterocycles. The minimum absolute atomic E-state index is 0.0278. The molecular formula is C15H29NO2S. The van der Waals surface area contributed by atoms with E-state index in [0.29, 0.717) is 12.8 Å². The van der Waals surface area contributed by atoms with E-state index in [1.165, 1.54) is 0 Å². The first kappa shape index (κ1) is 18.5. The normalized spacial score (nSPS) is 14.1. The van der Waals surface area contributed by atoms with Crippen molar-refractivity contribution in [3.05, 3.63) is 0 Å². The number of nitrogens with zero attached hydrogens (tertiary/aromatic N) is 1. The van der Waals surface area contributed by atoms with E-state index >= 15 is 0 Å². The molecule has 0 aliphatic rings. The van der Waals surface area contributed by atoms with Gasteiger partial charge in [-0.25, -0.2) is 0 Å². The zero-order chi connectivity index (χ0) is 15.3. The van der Waals surface area contributed by atoms with Crippen LogP contribution in [0.2, 0.25) is 0 Å². The second-order valence-electron chi connectivity index (χ2n) is 6.53. The molecule has 0 rings (SSSR count). The standard InChI is InChI=1S/C15H29NO2S/c1-8-19-15(5,6)10-13(18)16(7)12(2)9-14(3,4)11-17/h11-12H,8-10H2,1-7H3. The highest BCUT2D eigenvalue weighted by molar-refractivity contribution is 8.00. The van der Waals surface area contributed by atoms with Gasteiger partial charge >= 0.3 is 0 Å². The third-order valence-electron chi connectivity index (χ3n) is 3.31. The lowest BCUT2D eigenvalue weighted by Gasteiger charge is -2.32. The summed E-state index contributed by atoms with van der Waals surface area (Å²) in [5.41, 5.74) is -0.373. The van der Waals surface area contributed by atoms with Gasteiger partial charge in [0.2, 0.25) is 5.91 Å². The van der Waals surface area contributed by atoms with Crippen molar-refractivity contribution in [1.82, 2.24) is 4.90 Å². The van der Waals surface area contributed by atoms with Gasteiger partial charge in [-0.1, -0.05) is 34.6 Å². The quantitative estimate of drug-likeness (QED) is 0.642. The molecule has 0 aliphatic heterocycles. The predicted molar refractivity (Wildman–Crippen MR) is 83.5 cm³/mol. The maximum absolute atomic E-state index is 12.3. The number of amides is 1. The monoisotopic (exact) mass is 287 g/mol. The molecule has 0 heterocycles. The number of hydrogen-bond acceptors (Lipinski definition) is 3. The molecule has 0 aromatic carbocycles. The zero-order valence-corrected chi connectivity index (χ0v) is 14.3. The van der Waals surface area contributed by atoms with Crippen molar-refractivity contribution < 1.29 is 9.59 Å². The SMILES string of the molecule is CCSC(C)(C)CC(=O)N(C)C(C)CC(C)(C)C=O. The van der Waals surface area contributed by atoms with Crippen LogP contribution >= 0.6 is 11.8 Å². The molecule has 4 heteroatoms. The minimum Gasteiger partial charge on any atom is -0.343 e. The molecule has 0 aromatic rings. The number of hydrogen-bond donors (Lipinski definition) is 0. The van der Waals surface area contributed by atoms with Gasteiger partial charge in [0, 0.05) is 29.7 Å². The van der Waals surface area contributed by atoms with Crippen molar-refractivity contribution >= 4 is 24.0 Å². The minimum atomic E-state index is -0.373. The summed E-state index contributed by atoms with van der Waals surface area (Å²) in [5, 5.41) is 0. The molecule has 0 N–H and O–H groups in total. The molecule has 3 nitrogen and oxygen atoms in total. The van der Waals surface area contributed by atoms with Crippen LogP contribution in [0.1, 0.15) is 54.4 Å². The Morgan fingerprint density at radius 3 is 2.26 bits per heavy atom. The smallest absolute Gasteiger partial charge is 0.223 e. The molecule has 1 amide bonds. The summed E-state index contributed by atoms with van der Waals surface area (Å²) in [6.45, 7) is 12.1. The lowest BCUT2D eigenvalue weighted by atomic mass is 9.87. The first-order valence-electron chi connectivity index (χ1n) is 6.90. The Kier molecular flexibility index (Phi) is 7.12. The van der Waals surface area contributed by atoms with E-state index in [2.05, 4.69) is 20.8 Å². The maximum Gasteiger partial charge on any atom is 0.223 e. The lowest BCUT2D eigenvalue weighted by molar-refractivity contribution is -0.133. The summed E-state index contributed by atoms with van der Waals surface area (Å²) in [4.78, 5) is 25.0. The summed E-state index contributed by atoms with van der Waals surface area (Å²) in [7, 11) is 1.83. The highest BCUT2D eigenvalue weighted by atomic mass is 32.2. The van der Waals surface area contributed by atoms with Crippen LogP contribution in [0.4, 0.5) is 0 Å². The molecule has 1 unspecified atom stereocenters. The van der Waals surface area contributed by atoms with Gasteiger partial charge in [0.05, 0.1) is 0 Å². The van der Waals surface area contributed by atoms with Crippen molar-refractivity contribution in [2.45, 2.75) is 65.2 Å². The maximum atomic E-state index is 12.3. The average Bonchev–Trinajstić information content (AvgIpc) is 2.26. The van der Waals surface area contributed by atoms with Crippen molar-refractivity contribution in [3.8, 4) is 0 Å². The number of thioether (sulfide) groups is 1. The second kappa shape index (κ2) is 7.32. The number of rotatable bonds is 8. The molecule has 0 fully saturated rings. The summed E-state index contributed by atoms with van der Waals surface area (Å²) < 4.78 is -0.0278. The highest BCUT2D eigenvalue weighted by Gasteiger charge is 2.28. The van der Waals surface area contributed by atoms with Gasteiger partial charge in [0.15, 0.2) is 0 Å². The molecule has 0 radical (unpaired) electrons. The molecule has 0 aliphatic carbocycles. The molecule has 0 aromatic heterocycles. The Morgan fingerprint density at radius 1 is 1.32 bits per heavy atom. The number of aldehydes is 1. The second-order valence-corrected chi connectivity index (χ2v) is 8.50. The van der Waals surface area contributed by atoms with Crippen LogP contribution < -0.4 is 0 Å². The Morgan fingerprint density at radius 2 is 1.84 bits per heavy atom. The van der Waals surface area contributed by atoms with Gasteiger partial charge in [-0.2, -0.15) is 11.8 Å². The van der Waals surface area contributed by atoms with Crippen LogP contribution in [0.25, 0.3) is 0 Å². The van der Waals surface area contributed by atoms with Gasteiger partial charge in [-0.3, -0.25) is 4.79 Å². The predicted octanol–water partition coefficient (Wildman–Crippen LogP) is 3.37. The summed E-state index contributed by atoms with van der Waals surface area (Å²) in [6, 6.07) is 0.0788. The topological polar surface area (TPSA) is 37.4 Å². The van der Waals surface area contributed by atoms with E-state index < -0.39 is 0 Å². The van der Waals surface area contributed by atoms with Crippen LogP contribution in [0.5, 0.6) is 0 Å². The van der Waals surface area contributed by atoms with Crippen LogP contribution in [0.15, 0.2) is 0 Å². The van der Waals surface area contributed by atoms with E-state index in [0.717, 1.165) is 12.0 Å². The van der Waals surface area contributed by atoms with Gasteiger partial charge in [-0.05, 0) is 19.1 Å². The molecule has 19 heavy (non-hydrogen) atoms. The van der Waals surface area contributed by atoms with Crippen molar-refractivity contribution in [2.24, 2.45) is 5.41 Å². The molecule has 0 spiro atoms. The molecule has 0 bridgehead atoms. The Balaban J connectivity index is 4.52. The summed E-state index contributed by atoms with van der Waals surface area (Å²) in [6.07, 6.45) is 2.20. The van der Waals surface area contributed by atoms with Crippen LogP contribution in [0, 0.1) is 5.41 Å². The van der Waals surface area contributed by atoms with Crippen molar-refractivity contribution in [1.29, 1.82) is 0 Å². The van der Waals surface area contributed by atoms with Gasteiger partial charge in [0.25, 0.3) is 0 Å². The largest absolute Gasteiger partial charge is 0.343 e. The fourth-order valence-electron chi connectivity index (χ4n) is 2.12. The van der Waals surface area contributed by atoms with Crippen LogP contribution in [0.3, 0.4) is 0 Å². The van der Waals surface area contributed by atoms with Crippen LogP contribution in [-0.2, 0) is 9.59 Å². The van der Waals surface area contributed by atoms with Crippen LogP contribution in [-0.4, -0.2) is 40.7 Å². The summed E-state index contributed by atoms with van der Waals surface area (Å²) in [5.74, 6) is 1.16. The van der Waals surface area contributed by atoms with Gasteiger partial charge in [0.1, 0.15) is 6.29 Å². The molecular weight excluding hydrogens is 258 g/mol. The number of carbonyl (C=O) groups is 2. The Labute approximate surface area is 122 Å². The average molecular weight is 287 g/mol. The first-order chi connectivity index (χ1) is 8.54. The van der Waals surface area contributed by atoms with Crippen molar-refractivity contribution in [2.75, 3.05) is 12.8 Å². The Bertz CT molecular complexity index is 313. The lowest BCUT2D eigenvalue weighted by Crippen LogP contribution is -2.40.